The molecule has 0 aliphatic carbocycles. The standard InChI is InChI=1S/C26H21Cl2F2N3O/c1-25(2,3)23-21(15-10-7-11-17(27)22(15)30)26(33(32-23)14-8-5-4-6-9-14)16-12-19(29)18(28)13-20(16)31-24(26)34/h4-13,21H,1-3H3,(H,31,34)/t21-,26-/m0/s1. The number of halogens is 4. The van der Waals surface area contributed by atoms with E-state index in [1.807, 2.05) is 39.0 Å². The van der Waals surface area contributed by atoms with E-state index in [-0.39, 0.29) is 15.6 Å². The summed E-state index contributed by atoms with van der Waals surface area (Å²) in [5.41, 5.74) is -0.104. The Morgan fingerprint density at radius 1 is 1.00 bits per heavy atom. The largest absolute Gasteiger partial charge is 0.323 e. The van der Waals surface area contributed by atoms with Gasteiger partial charge in [-0.05, 0) is 30.3 Å². The lowest BCUT2D eigenvalue weighted by Crippen LogP contribution is -2.51. The fraction of sp³-hybridized carbons (Fsp3) is 0.231. The third kappa shape index (κ3) is 3.16. The van der Waals surface area contributed by atoms with Gasteiger partial charge in [0.1, 0.15) is 11.6 Å². The Morgan fingerprint density at radius 3 is 2.38 bits per heavy atom. The Balaban J connectivity index is 1.91. The summed E-state index contributed by atoms with van der Waals surface area (Å²) >= 11 is 12.2. The van der Waals surface area contributed by atoms with Crippen molar-refractivity contribution in [2.75, 3.05) is 10.3 Å². The van der Waals surface area contributed by atoms with Gasteiger partial charge < -0.3 is 5.32 Å². The molecule has 4 nitrogen and oxygen atoms in total. The van der Waals surface area contributed by atoms with Crippen LogP contribution in [0, 0.1) is 17.0 Å². The van der Waals surface area contributed by atoms with Crippen LogP contribution in [-0.2, 0) is 10.3 Å². The smallest absolute Gasteiger partial charge is 0.258 e. The SMILES string of the molecule is CC(C)(C)C1=NN(c2ccccc2)[C@]2(C(=O)Nc3cc(Cl)c(F)cc32)[C@H]1c1cccc(Cl)c1F. The Kier molecular flexibility index (Phi) is 5.22. The zero-order chi connectivity index (χ0) is 24.4. The minimum absolute atomic E-state index is 0.0695. The van der Waals surface area contributed by atoms with Gasteiger partial charge in [-0.25, -0.2) is 13.8 Å². The summed E-state index contributed by atoms with van der Waals surface area (Å²) < 4.78 is 30.4. The maximum atomic E-state index is 15.6. The highest BCUT2D eigenvalue weighted by molar-refractivity contribution is 6.31. The lowest BCUT2D eigenvalue weighted by atomic mass is 9.68. The van der Waals surface area contributed by atoms with Crippen LogP contribution in [0.3, 0.4) is 0 Å². The van der Waals surface area contributed by atoms with Crippen molar-refractivity contribution in [2.45, 2.75) is 32.2 Å². The molecule has 3 aromatic rings. The fourth-order valence-electron chi connectivity index (χ4n) is 4.90. The van der Waals surface area contributed by atoms with Crippen LogP contribution >= 0.6 is 23.2 Å². The molecule has 1 N–H and O–H groups in total. The number of nitrogens with one attached hydrogen (secondary N) is 1. The summed E-state index contributed by atoms with van der Waals surface area (Å²) in [7, 11) is 0. The van der Waals surface area contributed by atoms with Crippen LogP contribution in [-0.4, -0.2) is 11.6 Å². The first-order valence-electron chi connectivity index (χ1n) is 10.8. The number of carbonyl (C=O) groups excluding carboxylic acids is 1. The van der Waals surface area contributed by atoms with Gasteiger partial charge in [0, 0.05) is 22.2 Å². The molecule has 0 radical (unpaired) electrons. The molecule has 0 saturated heterocycles. The number of para-hydroxylation sites is 1. The number of hydrogen-bond acceptors (Lipinski definition) is 3. The fourth-order valence-corrected chi connectivity index (χ4v) is 5.24. The van der Waals surface area contributed by atoms with Crippen LogP contribution in [0.1, 0.15) is 37.8 Å². The van der Waals surface area contributed by atoms with Crippen molar-refractivity contribution in [3.63, 3.8) is 0 Å². The molecule has 2 heterocycles. The highest BCUT2D eigenvalue weighted by Gasteiger charge is 2.64. The van der Waals surface area contributed by atoms with Crippen molar-refractivity contribution >= 4 is 46.2 Å². The molecule has 5 rings (SSSR count). The quantitative estimate of drug-likeness (QED) is 0.407. The molecule has 2 aliphatic rings. The third-order valence-corrected chi connectivity index (χ3v) is 6.94. The molecule has 0 unspecified atom stereocenters. The number of hydrazone groups is 1. The van der Waals surface area contributed by atoms with Gasteiger partial charge in [0.05, 0.1) is 27.4 Å². The van der Waals surface area contributed by atoms with Crippen molar-refractivity contribution in [2.24, 2.45) is 10.5 Å². The maximum absolute atomic E-state index is 15.6. The Bertz CT molecular complexity index is 1350. The molecule has 0 saturated carbocycles. The zero-order valence-electron chi connectivity index (χ0n) is 18.7. The lowest BCUT2D eigenvalue weighted by Gasteiger charge is -2.38. The van der Waals surface area contributed by atoms with E-state index < -0.39 is 34.4 Å². The van der Waals surface area contributed by atoms with E-state index >= 15 is 4.39 Å². The Morgan fingerprint density at radius 2 is 1.71 bits per heavy atom. The molecule has 3 aromatic carbocycles. The van der Waals surface area contributed by atoms with E-state index in [1.54, 1.807) is 29.3 Å². The molecule has 174 valence electrons. The first-order chi connectivity index (χ1) is 16.1. The summed E-state index contributed by atoms with van der Waals surface area (Å²) in [6.45, 7) is 5.83. The monoisotopic (exact) mass is 499 g/mol. The number of benzene rings is 3. The number of rotatable bonds is 2. The normalized spacial score (nSPS) is 21.6. The Labute approximate surface area is 206 Å². The van der Waals surface area contributed by atoms with Crippen LogP contribution < -0.4 is 10.3 Å². The molecule has 1 amide bonds. The third-order valence-electron chi connectivity index (χ3n) is 6.36. The van der Waals surface area contributed by atoms with Crippen LogP contribution in [0.25, 0.3) is 0 Å². The van der Waals surface area contributed by atoms with E-state index in [0.717, 1.165) is 0 Å². The molecule has 2 atom stereocenters. The van der Waals surface area contributed by atoms with Gasteiger partial charge >= 0.3 is 0 Å². The second-order valence-corrected chi connectivity index (χ2v) is 10.3. The average molecular weight is 500 g/mol. The Hall–Kier alpha value is -2.96. The molecule has 34 heavy (non-hydrogen) atoms. The molecular formula is C26H21Cl2F2N3O. The first-order valence-corrected chi connectivity index (χ1v) is 11.5. The predicted octanol–water partition coefficient (Wildman–Crippen LogP) is 7.13. The molecule has 0 bridgehead atoms. The van der Waals surface area contributed by atoms with Crippen LogP contribution in [0.2, 0.25) is 10.0 Å². The second-order valence-electron chi connectivity index (χ2n) is 9.49. The van der Waals surface area contributed by atoms with E-state index in [2.05, 4.69) is 5.32 Å². The zero-order valence-corrected chi connectivity index (χ0v) is 20.2. The summed E-state index contributed by atoms with van der Waals surface area (Å²) in [6, 6.07) is 16.4. The predicted molar refractivity (Wildman–Crippen MR) is 132 cm³/mol. The van der Waals surface area contributed by atoms with Crippen molar-refractivity contribution in [1.82, 2.24) is 0 Å². The van der Waals surface area contributed by atoms with Gasteiger partial charge in [-0.2, -0.15) is 5.10 Å². The van der Waals surface area contributed by atoms with Gasteiger partial charge in [-0.3, -0.25) is 4.79 Å². The van der Waals surface area contributed by atoms with Crippen molar-refractivity contribution in [3.8, 4) is 0 Å². The van der Waals surface area contributed by atoms with Crippen LogP contribution in [0.4, 0.5) is 20.2 Å². The molecule has 0 fully saturated rings. The average Bonchev–Trinajstić information content (AvgIpc) is 3.28. The number of fused-ring (bicyclic) bond motifs is 2. The number of nitrogens with zero attached hydrogens (tertiary/aromatic N) is 2. The van der Waals surface area contributed by atoms with E-state index in [4.69, 9.17) is 28.3 Å². The van der Waals surface area contributed by atoms with E-state index in [9.17, 15) is 9.18 Å². The summed E-state index contributed by atoms with van der Waals surface area (Å²) in [5, 5.41) is 9.15. The van der Waals surface area contributed by atoms with Gasteiger partial charge in [0.15, 0.2) is 5.54 Å². The topological polar surface area (TPSA) is 44.7 Å². The molecule has 0 aromatic heterocycles. The minimum atomic E-state index is -1.60. The first kappa shape index (κ1) is 22.8. The van der Waals surface area contributed by atoms with Gasteiger partial charge in [-0.15, -0.1) is 0 Å². The van der Waals surface area contributed by atoms with E-state index in [0.29, 0.717) is 22.6 Å². The van der Waals surface area contributed by atoms with Crippen molar-refractivity contribution in [3.05, 3.63) is 93.5 Å². The lowest BCUT2D eigenvalue weighted by molar-refractivity contribution is -0.120. The second kappa shape index (κ2) is 7.79. The summed E-state index contributed by atoms with van der Waals surface area (Å²) in [4.78, 5) is 14.0. The summed E-state index contributed by atoms with van der Waals surface area (Å²) in [5.74, 6) is -2.68. The maximum Gasteiger partial charge on any atom is 0.258 e. The highest BCUT2D eigenvalue weighted by Crippen LogP contribution is 2.58. The highest BCUT2D eigenvalue weighted by atomic mass is 35.5. The number of hydrogen-bond donors (Lipinski definition) is 1. The van der Waals surface area contributed by atoms with Crippen LogP contribution in [0.5, 0.6) is 0 Å². The minimum Gasteiger partial charge on any atom is -0.323 e. The molecule has 1 spiro atoms. The summed E-state index contributed by atoms with van der Waals surface area (Å²) in [6.07, 6.45) is 0. The van der Waals surface area contributed by atoms with Gasteiger partial charge in [0.25, 0.3) is 5.91 Å². The molecular weight excluding hydrogens is 479 g/mol. The number of carbonyl (C=O) groups is 1. The van der Waals surface area contributed by atoms with Crippen LogP contribution in [0.15, 0.2) is 65.8 Å². The molecule has 2 aliphatic heterocycles. The van der Waals surface area contributed by atoms with Gasteiger partial charge in [-0.1, -0.05) is 74.3 Å². The van der Waals surface area contributed by atoms with Crippen molar-refractivity contribution < 1.29 is 13.6 Å². The van der Waals surface area contributed by atoms with Crippen molar-refractivity contribution in [1.29, 1.82) is 0 Å². The molecule has 8 heteroatoms. The number of anilines is 2. The van der Waals surface area contributed by atoms with Gasteiger partial charge in [0.2, 0.25) is 0 Å². The van der Waals surface area contributed by atoms with E-state index in [1.165, 1.54) is 18.2 Å². The number of amides is 1.